The largest absolute Gasteiger partial charge is 0.362 e. The summed E-state index contributed by atoms with van der Waals surface area (Å²) >= 11 is 0. The zero-order valence-electron chi connectivity index (χ0n) is 20.6. The molecular formula is C27H36N6. The molecule has 3 aliphatic heterocycles. The van der Waals surface area contributed by atoms with Gasteiger partial charge in [0.2, 0.25) is 0 Å². The van der Waals surface area contributed by atoms with Crippen molar-refractivity contribution in [2.24, 2.45) is 0 Å². The van der Waals surface area contributed by atoms with Crippen LogP contribution >= 0.6 is 0 Å². The van der Waals surface area contributed by atoms with E-state index >= 15 is 0 Å². The Kier molecular flexibility index (Phi) is 5.95. The summed E-state index contributed by atoms with van der Waals surface area (Å²) in [5, 5.41) is 14.8. The van der Waals surface area contributed by atoms with Gasteiger partial charge in [-0.05, 0) is 76.3 Å². The van der Waals surface area contributed by atoms with E-state index < -0.39 is 0 Å². The number of nitrogens with one attached hydrogen (secondary N) is 1. The Hall–Kier alpha value is -2.73. The number of pyridine rings is 1. The van der Waals surface area contributed by atoms with Gasteiger partial charge in [-0.15, -0.1) is 5.10 Å². The standard InChI is InChI=1S/C27H36N6/c1-6-12-32-15-22-11-10-21(32)16-33(22)26-13-24-25(14-28-26)20(5)30-31-27(24)29-19(4)23-9-7-8-17(2)18(23)3/h7-9,13-14,19,21-22H,6,10-12,15-16H2,1-5H3,(H,29,31)/t19-,21-,22?/m1/s1. The summed E-state index contributed by atoms with van der Waals surface area (Å²) in [6.07, 6.45) is 5.78. The van der Waals surface area contributed by atoms with Crippen LogP contribution in [0.1, 0.15) is 61.5 Å². The molecule has 0 spiro atoms. The fraction of sp³-hybridized carbons (Fsp3) is 0.519. The minimum atomic E-state index is 0.135. The van der Waals surface area contributed by atoms with Gasteiger partial charge in [-0.3, -0.25) is 4.90 Å². The molecule has 3 aromatic rings. The second kappa shape index (κ2) is 8.90. The highest BCUT2D eigenvalue weighted by molar-refractivity contribution is 5.94. The Morgan fingerprint density at radius 1 is 1.06 bits per heavy atom. The lowest BCUT2D eigenvalue weighted by molar-refractivity contribution is 0.0959. The molecule has 1 N–H and O–H groups in total. The molecule has 3 saturated heterocycles. The first-order valence-corrected chi connectivity index (χ1v) is 12.4. The van der Waals surface area contributed by atoms with Crippen molar-refractivity contribution in [1.82, 2.24) is 20.1 Å². The van der Waals surface area contributed by atoms with Crippen molar-refractivity contribution in [3.8, 4) is 0 Å². The van der Waals surface area contributed by atoms with Crippen LogP contribution in [-0.4, -0.2) is 51.8 Å². The first-order valence-electron chi connectivity index (χ1n) is 12.4. The second-order valence-corrected chi connectivity index (χ2v) is 9.91. The van der Waals surface area contributed by atoms with Gasteiger partial charge in [-0.25, -0.2) is 4.98 Å². The lowest BCUT2D eigenvalue weighted by Crippen LogP contribution is -2.63. The number of nitrogens with zero attached hydrogens (tertiary/aromatic N) is 5. The first-order chi connectivity index (χ1) is 16.0. The third-order valence-corrected chi connectivity index (χ3v) is 7.75. The van der Waals surface area contributed by atoms with E-state index in [-0.39, 0.29) is 6.04 Å². The van der Waals surface area contributed by atoms with Gasteiger partial charge in [-0.1, -0.05) is 25.1 Å². The fourth-order valence-corrected chi connectivity index (χ4v) is 5.71. The third-order valence-electron chi connectivity index (χ3n) is 7.75. The van der Waals surface area contributed by atoms with E-state index in [2.05, 4.69) is 77.3 Å². The Morgan fingerprint density at radius 2 is 1.88 bits per heavy atom. The van der Waals surface area contributed by atoms with Gasteiger partial charge in [0.25, 0.3) is 0 Å². The zero-order chi connectivity index (χ0) is 23.1. The normalized spacial score (nSPS) is 21.5. The van der Waals surface area contributed by atoms with Gasteiger partial charge >= 0.3 is 0 Å². The summed E-state index contributed by atoms with van der Waals surface area (Å²) < 4.78 is 0. The number of hydrogen-bond donors (Lipinski definition) is 1. The molecule has 1 aromatic carbocycles. The van der Waals surface area contributed by atoms with Crippen LogP contribution in [0.15, 0.2) is 30.5 Å². The molecule has 0 amide bonds. The van der Waals surface area contributed by atoms with E-state index in [1.165, 1.54) is 42.5 Å². The SMILES string of the molecule is CCCN1CC2CC[C@@H]1CN2c1cc2c(N[C@H](C)c3cccc(C)c3C)nnc(C)c2cn1. The molecule has 3 aliphatic rings. The number of fused-ring (bicyclic) bond motifs is 4. The van der Waals surface area contributed by atoms with Crippen LogP contribution < -0.4 is 10.2 Å². The Balaban J connectivity index is 1.47. The van der Waals surface area contributed by atoms with Crippen LogP contribution in [0.2, 0.25) is 0 Å². The van der Waals surface area contributed by atoms with E-state index in [1.54, 1.807) is 0 Å². The molecule has 0 saturated carbocycles. The molecule has 0 aliphatic carbocycles. The van der Waals surface area contributed by atoms with Crippen molar-refractivity contribution in [1.29, 1.82) is 0 Å². The number of benzene rings is 1. The summed E-state index contributed by atoms with van der Waals surface area (Å²) in [5.41, 5.74) is 4.85. The number of rotatable bonds is 6. The van der Waals surface area contributed by atoms with Gasteiger partial charge in [0.05, 0.1) is 11.7 Å². The first kappa shape index (κ1) is 22.1. The molecule has 2 bridgehead atoms. The fourth-order valence-electron chi connectivity index (χ4n) is 5.71. The number of anilines is 2. The van der Waals surface area contributed by atoms with Crippen molar-refractivity contribution < 1.29 is 0 Å². The van der Waals surface area contributed by atoms with Crippen LogP contribution in [-0.2, 0) is 0 Å². The van der Waals surface area contributed by atoms with Crippen LogP contribution in [0.3, 0.4) is 0 Å². The minimum Gasteiger partial charge on any atom is -0.362 e. The molecule has 6 nitrogen and oxygen atoms in total. The molecule has 2 aromatic heterocycles. The topological polar surface area (TPSA) is 57.2 Å². The molecule has 3 atom stereocenters. The maximum Gasteiger partial charge on any atom is 0.157 e. The molecule has 33 heavy (non-hydrogen) atoms. The maximum absolute atomic E-state index is 4.90. The highest BCUT2D eigenvalue weighted by atomic mass is 15.3. The molecule has 6 heteroatoms. The summed E-state index contributed by atoms with van der Waals surface area (Å²) in [5.74, 6) is 1.91. The quantitative estimate of drug-likeness (QED) is 0.565. The van der Waals surface area contributed by atoms with Gasteiger partial charge in [0.15, 0.2) is 5.82 Å². The maximum atomic E-state index is 4.90. The zero-order valence-corrected chi connectivity index (χ0v) is 20.6. The van der Waals surface area contributed by atoms with Gasteiger partial charge in [-0.2, -0.15) is 5.10 Å². The van der Waals surface area contributed by atoms with Gasteiger partial charge < -0.3 is 10.2 Å². The summed E-state index contributed by atoms with van der Waals surface area (Å²) in [6, 6.07) is 10.1. The van der Waals surface area contributed by atoms with Gasteiger partial charge in [0.1, 0.15) is 5.82 Å². The lowest BCUT2D eigenvalue weighted by Gasteiger charge is -2.52. The van der Waals surface area contributed by atoms with Crippen molar-refractivity contribution in [3.63, 3.8) is 0 Å². The predicted octanol–water partition coefficient (Wildman–Crippen LogP) is 5.19. The average molecular weight is 445 g/mol. The molecular weight excluding hydrogens is 408 g/mol. The van der Waals surface area contributed by atoms with E-state index in [9.17, 15) is 0 Å². The predicted molar refractivity (Wildman–Crippen MR) is 136 cm³/mol. The summed E-state index contributed by atoms with van der Waals surface area (Å²) in [7, 11) is 0. The van der Waals surface area contributed by atoms with Crippen LogP contribution in [0.4, 0.5) is 11.6 Å². The number of piperazine rings is 1. The smallest absolute Gasteiger partial charge is 0.157 e. The molecule has 5 heterocycles. The highest BCUT2D eigenvalue weighted by Crippen LogP contribution is 2.35. The van der Waals surface area contributed by atoms with Crippen LogP contribution in [0.25, 0.3) is 10.8 Å². The molecule has 6 rings (SSSR count). The summed E-state index contributed by atoms with van der Waals surface area (Å²) in [6.45, 7) is 14.3. The van der Waals surface area contributed by atoms with Gasteiger partial charge in [0, 0.05) is 42.1 Å². The number of piperidine rings is 2. The highest BCUT2D eigenvalue weighted by Gasteiger charge is 2.39. The van der Waals surface area contributed by atoms with Crippen LogP contribution in [0.5, 0.6) is 0 Å². The summed E-state index contributed by atoms with van der Waals surface area (Å²) in [4.78, 5) is 10.1. The molecule has 3 fully saturated rings. The minimum absolute atomic E-state index is 0.135. The average Bonchev–Trinajstić information content (AvgIpc) is 2.83. The molecule has 0 radical (unpaired) electrons. The lowest BCUT2D eigenvalue weighted by atomic mass is 9.90. The molecule has 1 unspecified atom stereocenters. The third kappa shape index (κ3) is 4.05. The van der Waals surface area contributed by atoms with Crippen molar-refractivity contribution in [2.75, 3.05) is 29.9 Å². The van der Waals surface area contributed by atoms with Crippen LogP contribution in [0, 0.1) is 20.8 Å². The van der Waals surface area contributed by atoms with Crippen molar-refractivity contribution in [2.45, 2.75) is 72.0 Å². The number of hydrogen-bond acceptors (Lipinski definition) is 6. The van der Waals surface area contributed by atoms with E-state index in [0.717, 1.165) is 41.2 Å². The van der Waals surface area contributed by atoms with E-state index in [1.807, 2.05) is 13.1 Å². The second-order valence-electron chi connectivity index (χ2n) is 9.91. The van der Waals surface area contributed by atoms with E-state index in [0.29, 0.717) is 12.1 Å². The van der Waals surface area contributed by atoms with Crippen molar-refractivity contribution in [3.05, 3.63) is 52.8 Å². The Bertz CT molecular complexity index is 1160. The number of aromatic nitrogens is 3. The van der Waals surface area contributed by atoms with Crippen molar-refractivity contribution >= 4 is 22.4 Å². The molecule has 174 valence electrons. The Labute approximate surface area is 197 Å². The Morgan fingerprint density at radius 3 is 2.64 bits per heavy atom. The number of aryl methyl sites for hydroxylation is 2. The van der Waals surface area contributed by atoms with E-state index in [4.69, 9.17) is 4.98 Å². The monoisotopic (exact) mass is 444 g/mol.